The molecular formula is C58H46Br2N6O10. The number of benzene rings is 6. The predicted molar refractivity (Wildman–Crippen MR) is 293 cm³/mol. The number of imide groups is 2. The molecule has 4 amide bonds. The summed E-state index contributed by atoms with van der Waals surface area (Å²) in [6.45, 7) is 8.87. The third kappa shape index (κ3) is 6.92. The lowest BCUT2D eigenvalue weighted by atomic mass is 9.96. The molecule has 4 aliphatic rings. The molecule has 0 saturated carbocycles. The first-order valence-electron chi connectivity index (χ1n) is 25.0. The van der Waals surface area contributed by atoms with Crippen LogP contribution in [0.25, 0.3) is 87.2 Å². The van der Waals surface area contributed by atoms with E-state index >= 15 is 0 Å². The summed E-state index contributed by atoms with van der Waals surface area (Å²) >= 11 is 7.21. The van der Waals surface area contributed by atoms with Crippen LogP contribution >= 0.6 is 31.9 Å². The number of hydrogen-bond donors (Lipinski definition) is 1. The van der Waals surface area contributed by atoms with E-state index in [0.717, 1.165) is 119 Å². The van der Waals surface area contributed by atoms with Gasteiger partial charge in [-0.25, -0.2) is 0 Å². The lowest BCUT2D eigenvalue weighted by molar-refractivity contribution is -0.143. The maximum Gasteiger partial charge on any atom is 0.302 e. The normalized spacial score (nSPS) is 16.7. The second kappa shape index (κ2) is 17.4. The molecule has 14 rings (SSSR count). The number of fused-ring (bicyclic) bond motifs is 18. The molecule has 10 aromatic rings. The molecule has 1 N–H and O–H groups in total. The highest BCUT2D eigenvalue weighted by Gasteiger charge is 2.41. The highest BCUT2D eigenvalue weighted by atomic mass is 79.9. The number of aliphatic hydroxyl groups excluding tert-OH is 1. The smallest absolute Gasteiger partial charge is 0.302 e. The van der Waals surface area contributed by atoms with Crippen molar-refractivity contribution in [1.29, 1.82) is 0 Å². The molecule has 0 spiro atoms. The number of nitrogens with zero attached hydrogens (tertiary/aromatic N) is 6. The summed E-state index contributed by atoms with van der Waals surface area (Å²) in [5.74, 6) is -1.86. The maximum absolute atomic E-state index is 13.8. The fraction of sp³-hybridized carbons (Fsp3) is 0.259. The molecule has 76 heavy (non-hydrogen) atoms. The van der Waals surface area contributed by atoms with Crippen molar-refractivity contribution in [2.24, 2.45) is 11.8 Å². The fourth-order valence-electron chi connectivity index (χ4n) is 12.9. The van der Waals surface area contributed by atoms with Gasteiger partial charge in [-0.05, 0) is 83.4 Å². The second-order valence-electron chi connectivity index (χ2n) is 20.4. The van der Waals surface area contributed by atoms with Crippen LogP contribution in [0.4, 0.5) is 0 Å². The Kier molecular flexibility index (Phi) is 11.0. The average Bonchev–Trinajstić information content (AvgIpc) is 4.25. The number of carbonyl (C=O) groups excluding carboxylic acids is 7. The topological polar surface area (TPSA) is 184 Å². The highest BCUT2D eigenvalue weighted by molar-refractivity contribution is 9.10. The molecule has 2 unspecified atom stereocenters. The summed E-state index contributed by atoms with van der Waals surface area (Å²) in [6, 6.07) is 23.6. The summed E-state index contributed by atoms with van der Waals surface area (Å²) in [5.41, 5.74) is 11.7. The summed E-state index contributed by atoms with van der Waals surface area (Å²) in [5, 5.41) is 17.1. The molecule has 18 heteroatoms. The van der Waals surface area contributed by atoms with Gasteiger partial charge < -0.3 is 32.8 Å². The lowest BCUT2D eigenvalue weighted by Crippen LogP contribution is -2.28. The Balaban J connectivity index is 0.000000146. The third-order valence-electron chi connectivity index (χ3n) is 15.9. The van der Waals surface area contributed by atoms with Crippen molar-refractivity contribution in [1.82, 2.24) is 28.1 Å². The number of carbonyl (C=O) groups is 7. The molecule has 6 aromatic carbocycles. The van der Waals surface area contributed by atoms with Crippen molar-refractivity contribution in [2.45, 2.75) is 73.6 Å². The molecule has 0 fully saturated rings. The number of hydrogen-bond acceptors (Lipinski definition) is 10. The first-order chi connectivity index (χ1) is 36.6. The summed E-state index contributed by atoms with van der Waals surface area (Å²) < 4.78 is 21.7. The quantitative estimate of drug-likeness (QED) is 0.124. The Hall–Kier alpha value is -7.67. The van der Waals surface area contributed by atoms with Crippen LogP contribution < -0.4 is 0 Å². The first-order valence-corrected chi connectivity index (χ1v) is 26.6. The van der Waals surface area contributed by atoms with Crippen LogP contribution in [-0.2, 0) is 74.5 Å². The largest absolute Gasteiger partial charge is 0.465 e. The zero-order valence-corrected chi connectivity index (χ0v) is 44.8. The van der Waals surface area contributed by atoms with Crippen molar-refractivity contribution in [3.8, 4) is 0 Å². The summed E-state index contributed by atoms with van der Waals surface area (Å²) in [7, 11) is 0. The fourth-order valence-corrected chi connectivity index (χ4v) is 13.6. The van der Waals surface area contributed by atoms with Crippen LogP contribution in [0, 0.1) is 11.8 Å². The van der Waals surface area contributed by atoms with Crippen molar-refractivity contribution in [3.05, 3.63) is 115 Å². The van der Waals surface area contributed by atoms with E-state index in [1.165, 1.54) is 37.5 Å². The van der Waals surface area contributed by atoms with Crippen LogP contribution in [0.15, 0.2) is 81.7 Å². The van der Waals surface area contributed by atoms with Gasteiger partial charge in [-0.2, -0.15) is 0 Å². The van der Waals surface area contributed by atoms with Crippen LogP contribution in [0.1, 0.15) is 75.5 Å². The minimum Gasteiger partial charge on any atom is -0.465 e. The Morgan fingerprint density at radius 2 is 0.934 bits per heavy atom. The third-order valence-corrected chi connectivity index (χ3v) is 16.8. The number of aromatic nitrogens is 4. The van der Waals surface area contributed by atoms with Gasteiger partial charge >= 0.3 is 11.9 Å². The lowest BCUT2D eigenvalue weighted by Gasteiger charge is -2.18. The molecule has 0 radical (unpaired) electrons. The van der Waals surface area contributed by atoms with E-state index in [1.54, 1.807) is 6.07 Å². The molecule has 4 aromatic heterocycles. The molecule has 0 saturated heterocycles. The number of esters is 2. The zero-order chi connectivity index (χ0) is 52.9. The molecule has 2 atom stereocenters. The Labute approximate surface area is 448 Å². The highest BCUT2D eigenvalue weighted by Crippen LogP contribution is 2.50. The van der Waals surface area contributed by atoms with Gasteiger partial charge in [-0.3, -0.25) is 43.4 Å². The molecule has 382 valence electrons. The van der Waals surface area contributed by atoms with Gasteiger partial charge in [0.2, 0.25) is 11.8 Å². The van der Waals surface area contributed by atoms with E-state index in [0.29, 0.717) is 42.9 Å². The summed E-state index contributed by atoms with van der Waals surface area (Å²) in [6.07, 6.45) is 0.818. The molecular weight excluding hydrogens is 1100 g/mol. The number of aldehydes is 1. The SMILES string of the molecule is CC(=O)OCC1Cn2c3ccc(C=O)cc3c3c4c(c5c6cc(Br)ccc6n(c5c32)C1)C(=O)N(C(C)=O)C4.CC(=O)OCC1Cn2c3ccc(CO)cc3c3c4c(c5c6cc(Br)ccc6n(c5c32)C1)C(=O)N(C(C)=O)C4. The maximum atomic E-state index is 13.8. The average molecular weight is 1150 g/mol. The number of rotatable bonds is 6. The Bertz CT molecular complexity index is 4390. The van der Waals surface area contributed by atoms with Gasteiger partial charge in [0.25, 0.3) is 11.8 Å². The van der Waals surface area contributed by atoms with Gasteiger partial charge in [0.05, 0.1) is 66.1 Å². The van der Waals surface area contributed by atoms with Gasteiger partial charge in [-0.1, -0.05) is 37.9 Å². The van der Waals surface area contributed by atoms with Crippen LogP contribution in [0.3, 0.4) is 0 Å². The molecule has 8 heterocycles. The van der Waals surface area contributed by atoms with E-state index in [9.17, 15) is 38.7 Å². The predicted octanol–water partition coefficient (Wildman–Crippen LogP) is 10.0. The van der Waals surface area contributed by atoms with Crippen LogP contribution in [-0.4, -0.2) is 88.2 Å². The van der Waals surface area contributed by atoms with E-state index in [1.807, 2.05) is 66.7 Å². The number of amides is 4. The van der Waals surface area contributed by atoms with E-state index in [4.69, 9.17) is 9.47 Å². The van der Waals surface area contributed by atoms with Crippen molar-refractivity contribution in [3.63, 3.8) is 0 Å². The minimum atomic E-state index is -0.328. The Morgan fingerprint density at radius 3 is 1.33 bits per heavy atom. The van der Waals surface area contributed by atoms with Crippen LogP contribution in [0.5, 0.6) is 0 Å². The minimum absolute atomic E-state index is 0.00988. The monoisotopic (exact) mass is 1140 g/mol. The summed E-state index contributed by atoms with van der Waals surface area (Å²) in [4.78, 5) is 90.5. The van der Waals surface area contributed by atoms with E-state index < -0.39 is 0 Å². The van der Waals surface area contributed by atoms with Gasteiger partial charge in [-0.15, -0.1) is 0 Å². The van der Waals surface area contributed by atoms with Gasteiger partial charge in [0.15, 0.2) is 0 Å². The van der Waals surface area contributed by atoms with Gasteiger partial charge in [0.1, 0.15) is 6.29 Å². The van der Waals surface area contributed by atoms with Crippen molar-refractivity contribution < 1.29 is 48.1 Å². The first kappa shape index (κ1) is 48.0. The second-order valence-corrected chi connectivity index (χ2v) is 22.3. The molecule has 4 aliphatic heterocycles. The number of aliphatic hydroxyl groups is 1. The molecule has 0 aliphatic carbocycles. The zero-order valence-electron chi connectivity index (χ0n) is 41.6. The molecule has 16 nitrogen and oxygen atoms in total. The van der Waals surface area contributed by atoms with E-state index in [-0.39, 0.29) is 80.3 Å². The van der Waals surface area contributed by atoms with Crippen LogP contribution in [0.2, 0.25) is 0 Å². The Morgan fingerprint density at radius 1 is 0.553 bits per heavy atom. The van der Waals surface area contributed by atoms with Crippen molar-refractivity contribution >= 4 is 161 Å². The molecule has 0 bridgehead atoms. The van der Waals surface area contributed by atoms with E-state index in [2.05, 4.69) is 50.1 Å². The standard InChI is InChI=1S/C29H24BrN3O5.C29H22BrN3O5/c2*1-14(35)31-11-21-24-19-7-16(12-34)3-5-22(19)32-9-17(13-38-15(2)36)10-33-23-6-4-18(30)8-20(23)25(26(21)29(31)37)28(33)27(24)32/h3-8,17,34H,9-13H2,1-2H3;3-8,12,17H,9-11,13H2,1-2H3. The number of ether oxygens (including phenoxy) is 2. The van der Waals surface area contributed by atoms with Gasteiger partial charge in [0, 0.05) is 145 Å². The van der Waals surface area contributed by atoms with Crippen molar-refractivity contribution in [2.75, 3.05) is 13.2 Å². The number of halogens is 2.